The number of nitrogens with one attached hydrogen (secondary N) is 1. The Morgan fingerprint density at radius 3 is 2.57 bits per heavy atom. The first-order valence-corrected chi connectivity index (χ1v) is 9.88. The summed E-state index contributed by atoms with van der Waals surface area (Å²) in [5, 5.41) is 2.53. The Balaban J connectivity index is 2.20. The van der Waals surface area contributed by atoms with E-state index < -0.39 is 20.6 Å². The third kappa shape index (κ3) is 3.66. The number of benzene rings is 1. The van der Waals surface area contributed by atoms with Gasteiger partial charge in [0.15, 0.2) is 9.84 Å². The summed E-state index contributed by atoms with van der Waals surface area (Å²) in [5.74, 6) is -0.276. The number of amides is 1. The van der Waals surface area contributed by atoms with E-state index in [1.165, 1.54) is 0 Å². The van der Waals surface area contributed by atoms with E-state index >= 15 is 0 Å². The average Bonchev–Trinajstić information content (AvgIpc) is 2.47. The summed E-state index contributed by atoms with van der Waals surface area (Å²) in [6.07, 6.45) is 1.86. The van der Waals surface area contributed by atoms with Crippen molar-refractivity contribution in [2.75, 3.05) is 11.1 Å². The number of hydrogen-bond donors (Lipinski definition) is 1. The van der Waals surface area contributed by atoms with Gasteiger partial charge in [-0.2, -0.15) is 0 Å². The molecule has 21 heavy (non-hydrogen) atoms. The number of carbonyl (C=O) groups excluding carboxylic acids is 1. The first-order valence-electron chi connectivity index (χ1n) is 7.04. The van der Waals surface area contributed by atoms with E-state index in [2.05, 4.69) is 21.2 Å². The van der Waals surface area contributed by atoms with E-state index in [1.807, 2.05) is 37.3 Å². The number of sulfone groups is 1. The summed E-state index contributed by atoms with van der Waals surface area (Å²) < 4.78 is 24.1. The second-order valence-corrected chi connectivity index (χ2v) is 8.54. The minimum Gasteiger partial charge on any atom is -0.345 e. The van der Waals surface area contributed by atoms with Crippen LogP contribution in [0.2, 0.25) is 0 Å². The molecule has 0 radical (unpaired) electrons. The van der Waals surface area contributed by atoms with Crippen molar-refractivity contribution in [2.24, 2.45) is 0 Å². The number of alkyl halides is 1. The van der Waals surface area contributed by atoms with Gasteiger partial charge in [-0.3, -0.25) is 4.79 Å². The van der Waals surface area contributed by atoms with Gasteiger partial charge in [-0.15, -0.1) is 0 Å². The first-order chi connectivity index (χ1) is 9.89. The summed E-state index contributed by atoms with van der Waals surface area (Å²) in [4.78, 5) is 12.5. The van der Waals surface area contributed by atoms with Crippen LogP contribution < -0.4 is 5.32 Å². The normalized spacial score (nSPS) is 24.0. The fourth-order valence-electron chi connectivity index (χ4n) is 2.59. The zero-order chi connectivity index (χ0) is 15.5. The fourth-order valence-corrected chi connectivity index (χ4v) is 4.86. The molecule has 0 aromatic heterocycles. The van der Waals surface area contributed by atoms with Gasteiger partial charge in [-0.25, -0.2) is 8.42 Å². The molecule has 1 N–H and O–H groups in total. The lowest BCUT2D eigenvalue weighted by atomic mass is 9.94. The van der Waals surface area contributed by atoms with E-state index in [0.29, 0.717) is 18.2 Å². The molecule has 2 unspecified atom stereocenters. The number of hydrogen-bond acceptors (Lipinski definition) is 3. The molecule has 1 amide bonds. The van der Waals surface area contributed by atoms with Crippen LogP contribution in [0.1, 0.15) is 31.7 Å². The summed E-state index contributed by atoms with van der Waals surface area (Å²) >= 11 is 3.43. The molecule has 1 aromatic rings. The van der Waals surface area contributed by atoms with E-state index in [0.717, 1.165) is 12.0 Å². The molecule has 6 heteroatoms. The molecule has 1 heterocycles. The van der Waals surface area contributed by atoms with Gasteiger partial charge in [0.25, 0.3) is 0 Å². The second-order valence-electron chi connectivity index (χ2n) is 5.67. The van der Waals surface area contributed by atoms with Crippen LogP contribution in [0.15, 0.2) is 30.3 Å². The number of halogens is 1. The van der Waals surface area contributed by atoms with Gasteiger partial charge in [-0.1, -0.05) is 52.7 Å². The molecule has 0 bridgehead atoms. The molecular formula is C15H20BrNO3S. The highest BCUT2D eigenvalue weighted by atomic mass is 79.9. The van der Waals surface area contributed by atoms with Crippen molar-refractivity contribution in [1.82, 2.24) is 5.32 Å². The first kappa shape index (κ1) is 16.5. The van der Waals surface area contributed by atoms with Gasteiger partial charge in [0.2, 0.25) is 5.91 Å². The summed E-state index contributed by atoms with van der Waals surface area (Å²) in [6, 6.07) is 9.57. The van der Waals surface area contributed by atoms with Crippen LogP contribution in [0.5, 0.6) is 0 Å². The van der Waals surface area contributed by atoms with Crippen molar-refractivity contribution < 1.29 is 13.2 Å². The van der Waals surface area contributed by atoms with Crippen LogP contribution >= 0.6 is 15.9 Å². The van der Waals surface area contributed by atoms with Crippen molar-refractivity contribution in [3.05, 3.63) is 35.9 Å². The summed E-state index contributed by atoms with van der Waals surface area (Å²) in [5.41, 5.74) is 0.328. The molecule has 1 aromatic carbocycles. The van der Waals surface area contributed by atoms with Gasteiger partial charge in [-0.05, 0) is 25.3 Å². The molecule has 1 aliphatic rings. The van der Waals surface area contributed by atoms with Crippen LogP contribution in [0.3, 0.4) is 0 Å². The van der Waals surface area contributed by atoms with Crippen LogP contribution in [-0.4, -0.2) is 30.7 Å². The van der Waals surface area contributed by atoms with Gasteiger partial charge in [0, 0.05) is 5.33 Å². The van der Waals surface area contributed by atoms with E-state index in [9.17, 15) is 13.2 Å². The quantitative estimate of drug-likeness (QED) is 0.824. The maximum Gasteiger partial charge on any atom is 0.239 e. The lowest BCUT2D eigenvalue weighted by Gasteiger charge is -2.32. The Morgan fingerprint density at radius 2 is 2.00 bits per heavy atom. The van der Waals surface area contributed by atoms with E-state index in [4.69, 9.17) is 0 Å². The molecule has 0 saturated carbocycles. The summed E-state index contributed by atoms with van der Waals surface area (Å²) in [6.45, 7) is 1.89. The van der Waals surface area contributed by atoms with Gasteiger partial charge in [0.1, 0.15) is 5.25 Å². The molecule has 1 aliphatic heterocycles. The lowest BCUT2D eigenvalue weighted by Crippen LogP contribution is -2.51. The highest BCUT2D eigenvalue weighted by Crippen LogP contribution is 2.25. The Labute approximate surface area is 134 Å². The Bertz CT molecular complexity index is 603. The van der Waals surface area contributed by atoms with Crippen molar-refractivity contribution >= 4 is 31.7 Å². The molecule has 0 spiro atoms. The molecule has 2 atom stereocenters. The molecule has 0 aliphatic carbocycles. The molecule has 116 valence electrons. The predicted octanol–water partition coefficient (Wildman–Crippen LogP) is 2.38. The average molecular weight is 374 g/mol. The Morgan fingerprint density at radius 1 is 1.33 bits per heavy atom. The van der Waals surface area contributed by atoms with Crippen LogP contribution in [0.25, 0.3) is 0 Å². The van der Waals surface area contributed by atoms with Crippen molar-refractivity contribution in [1.29, 1.82) is 0 Å². The fraction of sp³-hybridized carbons (Fsp3) is 0.533. The third-order valence-corrected chi connectivity index (χ3v) is 7.24. The third-order valence-electron chi connectivity index (χ3n) is 3.95. The smallest absolute Gasteiger partial charge is 0.239 e. The highest BCUT2D eigenvalue weighted by molar-refractivity contribution is 9.09. The standard InChI is InChI=1S/C15H20BrNO3S/c1-15(11-16,12-7-3-2-4-8-12)17-14(18)13-9-5-6-10-21(13,19)20/h2-4,7-8,13H,5-6,9-11H2,1H3,(H,17,18). The van der Waals surface area contributed by atoms with E-state index in [1.54, 1.807) is 0 Å². The van der Waals surface area contributed by atoms with Crippen LogP contribution in [0.4, 0.5) is 0 Å². The zero-order valence-electron chi connectivity index (χ0n) is 12.0. The lowest BCUT2D eigenvalue weighted by molar-refractivity contribution is -0.122. The number of rotatable bonds is 4. The number of carbonyl (C=O) groups is 1. The Hall–Kier alpha value is -0.880. The monoisotopic (exact) mass is 373 g/mol. The van der Waals surface area contributed by atoms with Crippen molar-refractivity contribution in [3.8, 4) is 0 Å². The second kappa shape index (κ2) is 6.48. The largest absolute Gasteiger partial charge is 0.345 e. The van der Waals surface area contributed by atoms with Crippen molar-refractivity contribution in [3.63, 3.8) is 0 Å². The molecule has 4 nitrogen and oxygen atoms in total. The van der Waals surface area contributed by atoms with Crippen molar-refractivity contribution in [2.45, 2.75) is 37.0 Å². The van der Waals surface area contributed by atoms with E-state index in [-0.39, 0.29) is 11.7 Å². The van der Waals surface area contributed by atoms with Gasteiger partial charge < -0.3 is 5.32 Å². The SMILES string of the molecule is CC(CBr)(NC(=O)C1CCCCS1(=O)=O)c1ccccc1. The topological polar surface area (TPSA) is 63.2 Å². The molecule has 1 fully saturated rings. The maximum atomic E-state index is 12.5. The summed E-state index contributed by atoms with van der Waals surface area (Å²) in [7, 11) is -3.31. The molecular weight excluding hydrogens is 354 g/mol. The molecule has 1 saturated heterocycles. The van der Waals surface area contributed by atoms with Crippen LogP contribution in [0, 0.1) is 0 Å². The van der Waals surface area contributed by atoms with Gasteiger partial charge in [0.05, 0.1) is 11.3 Å². The molecule has 2 rings (SSSR count). The predicted molar refractivity (Wildman–Crippen MR) is 87.2 cm³/mol. The zero-order valence-corrected chi connectivity index (χ0v) is 14.4. The highest BCUT2D eigenvalue weighted by Gasteiger charge is 2.38. The minimum absolute atomic E-state index is 0.113. The van der Waals surface area contributed by atoms with Gasteiger partial charge >= 0.3 is 0 Å². The minimum atomic E-state index is -3.31. The van der Waals surface area contributed by atoms with Crippen LogP contribution in [-0.2, 0) is 20.2 Å². The maximum absolute atomic E-state index is 12.5. The Kier molecular flexibility index (Phi) is 5.09.